The Morgan fingerprint density at radius 2 is 2.16 bits per heavy atom. The maximum Gasteiger partial charge on any atom is 0.297 e. The molecule has 1 unspecified atom stereocenters. The zero-order valence-electron chi connectivity index (χ0n) is 14.3. The number of hydrogen-bond donors (Lipinski definition) is 2. The van der Waals surface area contributed by atoms with E-state index < -0.39 is 17.2 Å². The monoisotopic (exact) mass is 360 g/mol. The van der Waals surface area contributed by atoms with Crippen LogP contribution >= 0.6 is 11.8 Å². The fraction of sp³-hybridized carbons (Fsp3) is 0.353. The summed E-state index contributed by atoms with van der Waals surface area (Å²) in [6.07, 6.45) is 1.97. The lowest BCUT2D eigenvalue weighted by Crippen LogP contribution is -2.29. The Hall–Kier alpha value is -2.32. The number of nitrogens with one attached hydrogen (secondary N) is 1. The molecule has 8 heteroatoms. The largest absolute Gasteiger partial charge is 0.501 e. The number of aromatic nitrogens is 2. The molecule has 1 aliphatic heterocycles. The SMILES string of the molecule is CSc1ccccc1CNC(=O)c1nc2n(c(=O)c1O)CN(C)C2C. The van der Waals surface area contributed by atoms with Gasteiger partial charge in [0.25, 0.3) is 11.5 Å². The molecular weight excluding hydrogens is 340 g/mol. The van der Waals surface area contributed by atoms with E-state index in [2.05, 4.69) is 10.3 Å². The Labute approximate surface area is 149 Å². The van der Waals surface area contributed by atoms with Crippen molar-refractivity contribution in [2.75, 3.05) is 13.3 Å². The van der Waals surface area contributed by atoms with Gasteiger partial charge in [0.15, 0.2) is 5.69 Å². The summed E-state index contributed by atoms with van der Waals surface area (Å²) in [5, 5.41) is 12.9. The highest BCUT2D eigenvalue weighted by Crippen LogP contribution is 2.25. The molecule has 0 fully saturated rings. The van der Waals surface area contributed by atoms with Crippen molar-refractivity contribution in [1.29, 1.82) is 0 Å². The number of fused-ring (bicyclic) bond motifs is 1. The van der Waals surface area contributed by atoms with Crippen molar-refractivity contribution in [3.05, 3.63) is 51.7 Å². The van der Waals surface area contributed by atoms with Crippen LogP contribution in [0, 0.1) is 0 Å². The normalized spacial score (nSPS) is 16.7. The smallest absolute Gasteiger partial charge is 0.297 e. The molecule has 3 rings (SSSR count). The third kappa shape index (κ3) is 3.14. The van der Waals surface area contributed by atoms with Crippen LogP contribution in [0.25, 0.3) is 0 Å². The van der Waals surface area contributed by atoms with Gasteiger partial charge in [0.05, 0.1) is 12.7 Å². The van der Waals surface area contributed by atoms with Crippen molar-refractivity contribution >= 4 is 17.7 Å². The van der Waals surface area contributed by atoms with Gasteiger partial charge in [-0.05, 0) is 31.9 Å². The zero-order chi connectivity index (χ0) is 18.1. The Bertz CT molecular complexity index is 881. The van der Waals surface area contributed by atoms with Crippen LogP contribution in [0.5, 0.6) is 5.75 Å². The topological polar surface area (TPSA) is 87.5 Å². The van der Waals surface area contributed by atoms with Crippen LogP contribution in [0.3, 0.4) is 0 Å². The predicted molar refractivity (Wildman–Crippen MR) is 95.7 cm³/mol. The van der Waals surface area contributed by atoms with Gasteiger partial charge in [0.1, 0.15) is 5.82 Å². The summed E-state index contributed by atoms with van der Waals surface area (Å²) in [7, 11) is 1.86. The van der Waals surface area contributed by atoms with Crippen LogP contribution in [0.2, 0.25) is 0 Å². The van der Waals surface area contributed by atoms with E-state index in [4.69, 9.17) is 0 Å². The molecule has 0 radical (unpaired) electrons. The number of nitrogens with zero attached hydrogens (tertiary/aromatic N) is 3. The number of carbonyl (C=O) groups excluding carboxylic acids is 1. The molecule has 7 nitrogen and oxygen atoms in total. The van der Waals surface area contributed by atoms with Crippen LogP contribution in [0.4, 0.5) is 0 Å². The summed E-state index contributed by atoms with van der Waals surface area (Å²) < 4.78 is 1.39. The molecule has 0 aliphatic carbocycles. The summed E-state index contributed by atoms with van der Waals surface area (Å²) in [5.41, 5.74) is 0.157. The van der Waals surface area contributed by atoms with Crippen molar-refractivity contribution in [2.24, 2.45) is 0 Å². The summed E-state index contributed by atoms with van der Waals surface area (Å²) in [4.78, 5) is 32.0. The number of thioether (sulfide) groups is 1. The third-order valence-corrected chi connectivity index (χ3v) is 5.26. The molecule has 25 heavy (non-hydrogen) atoms. The summed E-state index contributed by atoms with van der Waals surface area (Å²) in [5.74, 6) is -0.683. The first-order chi connectivity index (χ1) is 11.9. The molecule has 1 aliphatic rings. The molecule has 2 heterocycles. The molecular formula is C17H20N4O3S. The van der Waals surface area contributed by atoms with Gasteiger partial charge in [0.2, 0.25) is 5.75 Å². The minimum atomic E-state index is -0.609. The van der Waals surface area contributed by atoms with Crippen LogP contribution < -0.4 is 10.9 Å². The lowest BCUT2D eigenvalue weighted by Gasteiger charge is -2.12. The maximum absolute atomic E-state index is 12.5. The van der Waals surface area contributed by atoms with E-state index in [1.54, 1.807) is 11.8 Å². The second-order valence-electron chi connectivity index (χ2n) is 5.97. The van der Waals surface area contributed by atoms with Crippen molar-refractivity contribution in [3.63, 3.8) is 0 Å². The van der Waals surface area contributed by atoms with E-state index in [1.807, 2.05) is 49.4 Å². The van der Waals surface area contributed by atoms with Crippen LogP contribution in [0.1, 0.15) is 34.8 Å². The lowest BCUT2D eigenvalue weighted by molar-refractivity contribution is 0.0941. The third-order valence-electron chi connectivity index (χ3n) is 4.42. The Kier molecular flexibility index (Phi) is 4.82. The van der Waals surface area contributed by atoms with Crippen LogP contribution in [0.15, 0.2) is 34.0 Å². The van der Waals surface area contributed by atoms with E-state index >= 15 is 0 Å². The molecule has 132 valence electrons. The van der Waals surface area contributed by atoms with E-state index in [9.17, 15) is 14.7 Å². The van der Waals surface area contributed by atoms with Gasteiger partial charge in [-0.1, -0.05) is 18.2 Å². The maximum atomic E-state index is 12.5. The summed E-state index contributed by atoms with van der Waals surface area (Å²) in [6, 6.07) is 7.63. The number of amides is 1. The summed E-state index contributed by atoms with van der Waals surface area (Å²) >= 11 is 1.59. The molecule has 0 saturated heterocycles. The molecule has 0 bridgehead atoms. The predicted octanol–water partition coefficient (Wildman–Crippen LogP) is 1.56. The lowest BCUT2D eigenvalue weighted by atomic mass is 10.2. The van der Waals surface area contributed by atoms with E-state index in [1.165, 1.54) is 4.57 Å². The van der Waals surface area contributed by atoms with Gasteiger partial charge < -0.3 is 10.4 Å². The van der Waals surface area contributed by atoms with Crippen LogP contribution in [-0.4, -0.2) is 38.8 Å². The van der Waals surface area contributed by atoms with Crippen molar-refractivity contribution in [3.8, 4) is 5.75 Å². The van der Waals surface area contributed by atoms with Crippen molar-refractivity contribution in [2.45, 2.75) is 31.1 Å². The fourth-order valence-electron chi connectivity index (χ4n) is 2.83. The quantitative estimate of drug-likeness (QED) is 0.805. The van der Waals surface area contributed by atoms with Crippen molar-refractivity contribution in [1.82, 2.24) is 19.8 Å². The molecule has 1 aromatic heterocycles. The fourth-order valence-corrected chi connectivity index (χ4v) is 3.44. The molecule has 0 saturated carbocycles. The number of hydrogen-bond acceptors (Lipinski definition) is 6. The molecule has 0 spiro atoms. The molecule has 1 aromatic carbocycles. The molecule has 2 aromatic rings. The Balaban J connectivity index is 1.86. The first-order valence-corrected chi connectivity index (χ1v) is 9.10. The van der Waals surface area contributed by atoms with Crippen molar-refractivity contribution < 1.29 is 9.90 Å². The minimum Gasteiger partial charge on any atom is -0.501 e. The van der Waals surface area contributed by atoms with E-state index in [0.29, 0.717) is 19.0 Å². The molecule has 1 atom stereocenters. The average Bonchev–Trinajstić information content (AvgIpc) is 2.91. The summed E-state index contributed by atoms with van der Waals surface area (Å²) in [6.45, 7) is 2.54. The standard InChI is InChI=1S/C17H20N4O3S/c1-10-15-19-13(14(22)17(24)21(15)9-20(10)2)16(23)18-8-11-6-4-5-7-12(11)25-3/h4-7,10,22H,8-9H2,1-3H3,(H,18,23). The second-order valence-corrected chi connectivity index (χ2v) is 6.82. The van der Waals surface area contributed by atoms with Gasteiger partial charge in [-0.3, -0.25) is 19.1 Å². The highest BCUT2D eigenvalue weighted by Gasteiger charge is 2.30. The highest BCUT2D eigenvalue weighted by atomic mass is 32.2. The first kappa shape index (κ1) is 17.5. The second kappa shape index (κ2) is 6.89. The van der Waals surface area contributed by atoms with Gasteiger partial charge in [-0.25, -0.2) is 4.98 Å². The van der Waals surface area contributed by atoms with Gasteiger partial charge in [-0.2, -0.15) is 0 Å². The number of aromatic hydroxyl groups is 1. The van der Waals surface area contributed by atoms with Gasteiger partial charge in [-0.15, -0.1) is 11.8 Å². The molecule has 1 amide bonds. The van der Waals surface area contributed by atoms with E-state index in [0.717, 1.165) is 10.5 Å². The average molecular weight is 360 g/mol. The Morgan fingerprint density at radius 3 is 2.88 bits per heavy atom. The number of benzene rings is 1. The zero-order valence-corrected chi connectivity index (χ0v) is 15.1. The van der Waals surface area contributed by atoms with Gasteiger partial charge >= 0.3 is 0 Å². The van der Waals surface area contributed by atoms with Crippen LogP contribution in [-0.2, 0) is 13.2 Å². The minimum absolute atomic E-state index is 0.0999. The van der Waals surface area contributed by atoms with E-state index in [-0.39, 0.29) is 11.7 Å². The Morgan fingerprint density at radius 1 is 1.44 bits per heavy atom. The molecule has 2 N–H and O–H groups in total. The first-order valence-electron chi connectivity index (χ1n) is 7.88. The number of rotatable bonds is 4. The number of carbonyl (C=O) groups is 1. The van der Waals surface area contributed by atoms with Gasteiger partial charge in [0, 0.05) is 11.4 Å². The highest BCUT2D eigenvalue weighted by molar-refractivity contribution is 7.98.